The fourth-order valence-corrected chi connectivity index (χ4v) is 3.80. The van der Waals surface area contributed by atoms with Crippen molar-refractivity contribution >= 4 is 34.6 Å². The van der Waals surface area contributed by atoms with Crippen LogP contribution in [0, 0.1) is 13.8 Å². The van der Waals surface area contributed by atoms with Crippen LogP contribution in [0.15, 0.2) is 53.7 Å². The second kappa shape index (κ2) is 8.92. The van der Waals surface area contributed by atoms with E-state index in [-0.39, 0.29) is 0 Å². The Morgan fingerprint density at radius 3 is 2.16 bits per heavy atom. The number of fused-ring (bicyclic) bond motifs is 1. The van der Waals surface area contributed by atoms with Crippen molar-refractivity contribution in [2.75, 3.05) is 0 Å². The number of nitrogens with one attached hydrogen (secondary N) is 3. The minimum Gasteiger partial charge on any atom is -0.267 e. The molecule has 0 saturated carbocycles. The summed E-state index contributed by atoms with van der Waals surface area (Å²) < 4.78 is 0. The Kier molecular flexibility index (Phi) is 5.89. The summed E-state index contributed by atoms with van der Waals surface area (Å²) >= 11 is 1.54. The van der Waals surface area contributed by atoms with Crippen LogP contribution in [0.5, 0.6) is 0 Å². The quantitative estimate of drug-likeness (QED) is 0.251. The normalized spacial score (nSPS) is 10.8. The van der Waals surface area contributed by atoms with Crippen LogP contribution >= 0.6 is 11.8 Å². The van der Waals surface area contributed by atoms with Crippen molar-refractivity contribution in [2.45, 2.75) is 24.8 Å². The molecule has 0 aliphatic carbocycles. The largest absolute Gasteiger partial charge is 0.269 e. The number of hydrogen-bond donors (Lipinski definition) is 3. The van der Waals surface area contributed by atoms with Gasteiger partial charge in [-0.05, 0) is 55.8 Å². The van der Waals surface area contributed by atoms with E-state index in [4.69, 9.17) is 0 Å². The first-order valence-corrected chi connectivity index (χ1v) is 10.4. The van der Waals surface area contributed by atoms with Crippen molar-refractivity contribution in [1.82, 2.24) is 36.2 Å². The maximum atomic E-state index is 12.3. The fourth-order valence-electron chi connectivity index (χ4n) is 2.90. The molecule has 0 unspecified atom stereocenters. The number of nitrogens with zero attached hydrogens (tertiary/aromatic N) is 4. The van der Waals surface area contributed by atoms with E-state index in [1.165, 1.54) is 11.8 Å². The number of rotatable bonds is 5. The third-order valence-corrected chi connectivity index (χ3v) is 5.33. The van der Waals surface area contributed by atoms with Crippen LogP contribution in [-0.4, -0.2) is 37.2 Å². The van der Waals surface area contributed by atoms with Crippen LogP contribution in [0.4, 0.5) is 0 Å². The number of benzene rings is 2. The monoisotopic (exact) mass is 433 g/mol. The zero-order chi connectivity index (χ0) is 21.8. The molecule has 0 aliphatic rings. The molecule has 3 N–H and O–H groups in total. The molecule has 4 rings (SSSR count). The Morgan fingerprint density at radius 2 is 1.45 bits per heavy atom. The van der Waals surface area contributed by atoms with E-state index in [1.807, 2.05) is 32.0 Å². The SMILES string of the molecule is Cc1cc(C)nc(SCc2ccc(C(=O)NNC(=O)c3ccc4n[nH]nc4c3)cc2)n1. The minimum absolute atomic E-state index is 0.364. The van der Waals surface area contributed by atoms with Crippen LogP contribution in [0.1, 0.15) is 37.7 Å². The Labute approximate surface area is 182 Å². The molecule has 2 heterocycles. The standard InChI is InChI=1S/C21H19N7O2S/c1-12-9-13(2)23-21(22-12)31-11-14-3-5-15(6-4-14)19(29)26-27-20(30)16-7-8-17-18(10-16)25-28-24-17/h3-10H,11H2,1-2H3,(H,26,29)(H,27,30)(H,24,25,28). The first kappa shape index (κ1) is 20.5. The lowest BCUT2D eigenvalue weighted by atomic mass is 10.1. The summed E-state index contributed by atoms with van der Waals surface area (Å²) in [6, 6.07) is 14.0. The molecule has 4 aromatic rings. The number of aromatic amines is 1. The van der Waals surface area contributed by atoms with Crippen LogP contribution in [0.2, 0.25) is 0 Å². The van der Waals surface area contributed by atoms with Crippen molar-refractivity contribution < 1.29 is 9.59 Å². The van der Waals surface area contributed by atoms with Crippen LogP contribution in [-0.2, 0) is 5.75 Å². The molecule has 2 aromatic carbocycles. The summed E-state index contributed by atoms with van der Waals surface area (Å²) in [6.07, 6.45) is 0. The Hall–Kier alpha value is -3.79. The van der Waals surface area contributed by atoms with Crippen LogP contribution in [0.3, 0.4) is 0 Å². The summed E-state index contributed by atoms with van der Waals surface area (Å²) in [6.45, 7) is 3.88. The lowest BCUT2D eigenvalue weighted by Crippen LogP contribution is -2.41. The number of H-pyrrole nitrogens is 1. The van der Waals surface area contributed by atoms with Gasteiger partial charge < -0.3 is 0 Å². The van der Waals surface area contributed by atoms with Gasteiger partial charge in [0, 0.05) is 28.3 Å². The number of thioether (sulfide) groups is 1. The van der Waals surface area contributed by atoms with Gasteiger partial charge in [-0.25, -0.2) is 9.97 Å². The van der Waals surface area contributed by atoms with E-state index in [2.05, 4.69) is 36.2 Å². The zero-order valence-corrected chi connectivity index (χ0v) is 17.7. The lowest BCUT2D eigenvalue weighted by Gasteiger charge is -2.08. The molecule has 9 nitrogen and oxygen atoms in total. The van der Waals surface area contributed by atoms with Gasteiger partial charge in [0.1, 0.15) is 11.0 Å². The zero-order valence-electron chi connectivity index (χ0n) is 16.8. The third kappa shape index (κ3) is 5.04. The molecule has 0 bridgehead atoms. The number of hydrogen-bond acceptors (Lipinski definition) is 7. The predicted octanol–water partition coefficient (Wildman–Crippen LogP) is 2.73. The molecule has 2 aromatic heterocycles. The van der Waals surface area contributed by atoms with Crippen molar-refractivity contribution in [1.29, 1.82) is 0 Å². The number of aryl methyl sites for hydroxylation is 2. The number of aromatic nitrogens is 5. The van der Waals surface area contributed by atoms with E-state index in [9.17, 15) is 9.59 Å². The van der Waals surface area contributed by atoms with Gasteiger partial charge >= 0.3 is 0 Å². The first-order valence-electron chi connectivity index (χ1n) is 9.43. The van der Waals surface area contributed by atoms with Gasteiger partial charge in [-0.1, -0.05) is 23.9 Å². The number of carbonyl (C=O) groups excluding carboxylic acids is 2. The molecule has 0 atom stereocenters. The van der Waals surface area contributed by atoms with Crippen molar-refractivity contribution in [2.24, 2.45) is 0 Å². The molecule has 2 amide bonds. The van der Waals surface area contributed by atoms with Gasteiger partial charge in [0.05, 0.1) is 0 Å². The Morgan fingerprint density at radius 1 is 0.839 bits per heavy atom. The van der Waals surface area contributed by atoms with Crippen molar-refractivity contribution in [3.05, 3.63) is 76.6 Å². The third-order valence-electron chi connectivity index (χ3n) is 4.41. The predicted molar refractivity (Wildman–Crippen MR) is 116 cm³/mol. The van der Waals surface area contributed by atoms with Crippen LogP contribution < -0.4 is 10.9 Å². The second-order valence-electron chi connectivity index (χ2n) is 6.85. The summed E-state index contributed by atoms with van der Waals surface area (Å²) in [5, 5.41) is 11.1. The second-order valence-corrected chi connectivity index (χ2v) is 7.80. The van der Waals surface area contributed by atoms with Crippen molar-refractivity contribution in [3.8, 4) is 0 Å². The molecule has 0 radical (unpaired) electrons. The highest BCUT2D eigenvalue weighted by molar-refractivity contribution is 7.98. The molecular formula is C21H19N7O2S. The summed E-state index contributed by atoms with van der Waals surface area (Å²) in [5.74, 6) is -0.168. The fraction of sp³-hybridized carbons (Fsp3) is 0.143. The van der Waals surface area contributed by atoms with Gasteiger partial charge in [0.25, 0.3) is 11.8 Å². The van der Waals surface area contributed by atoms with E-state index in [0.717, 1.165) is 22.1 Å². The maximum absolute atomic E-state index is 12.3. The highest BCUT2D eigenvalue weighted by atomic mass is 32.2. The molecule has 0 spiro atoms. The van der Waals surface area contributed by atoms with E-state index >= 15 is 0 Å². The molecule has 31 heavy (non-hydrogen) atoms. The van der Waals surface area contributed by atoms with Gasteiger partial charge in [-0.3, -0.25) is 20.4 Å². The molecule has 0 aliphatic heterocycles. The summed E-state index contributed by atoms with van der Waals surface area (Å²) in [4.78, 5) is 33.4. The summed E-state index contributed by atoms with van der Waals surface area (Å²) in [7, 11) is 0. The highest BCUT2D eigenvalue weighted by Crippen LogP contribution is 2.20. The van der Waals surface area contributed by atoms with E-state index in [1.54, 1.807) is 30.3 Å². The summed E-state index contributed by atoms with van der Waals surface area (Å²) in [5.41, 5.74) is 9.76. The lowest BCUT2D eigenvalue weighted by molar-refractivity contribution is 0.0847. The van der Waals surface area contributed by atoms with Gasteiger partial charge in [-0.15, -0.1) is 0 Å². The average Bonchev–Trinajstić information content (AvgIpc) is 3.23. The molecule has 10 heteroatoms. The van der Waals surface area contributed by atoms with Gasteiger partial charge in [0.2, 0.25) is 0 Å². The van der Waals surface area contributed by atoms with Gasteiger partial charge in [0.15, 0.2) is 5.16 Å². The Balaban J connectivity index is 1.31. The van der Waals surface area contributed by atoms with Crippen molar-refractivity contribution in [3.63, 3.8) is 0 Å². The molecule has 0 saturated heterocycles. The van der Waals surface area contributed by atoms with Crippen LogP contribution in [0.25, 0.3) is 11.0 Å². The minimum atomic E-state index is -0.445. The topological polar surface area (TPSA) is 126 Å². The molecular weight excluding hydrogens is 414 g/mol. The average molecular weight is 433 g/mol. The number of hydrazine groups is 1. The number of carbonyl (C=O) groups is 2. The highest BCUT2D eigenvalue weighted by Gasteiger charge is 2.11. The van der Waals surface area contributed by atoms with Gasteiger partial charge in [-0.2, -0.15) is 15.4 Å². The first-order chi connectivity index (χ1) is 15.0. The maximum Gasteiger partial charge on any atom is 0.269 e. The van der Waals surface area contributed by atoms with E-state index in [0.29, 0.717) is 27.9 Å². The number of amides is 2. The molecule has 156 valence electrons. The smallest absolute Gasteiger partial charge is 0.267 e. The Bertz CT molecular complexity index is 1230. The molecule has 0 fully saturated rings. The van der Waals surface area contributed by atoms with E-state index < -0.39 is 11.8 Å².